The van der Waals surface area contributed by atoms with Gasteiger partial charge >= 0.3 is 0 Å². The number of fused-ring (bicyclic) bond motifs is 1. The summed E-state index contributed by atoms with van der Waals surface area (Å²) in [4.78, 5) is 49.4. The van der Waals surface area contributed by atoms with Gasteiger partial charge in [0.1, 0.15) is 11.6 Å². The lowest BCUT2D eigenvalue weighted by atomic mass is 9.70. The lowest BCUT2D eigenvalue weighted by molar-refractivity contribution is -0.144. The van der Waals surface area contributed by atoms with Crippen LogP contribution in [-0.4, -0.2) is 65.2 Å². The fourth-order valence-electron chi connectivity index (χ4n) is 8.06. The highest BCUT2D eigenvalue weighted by molar-refractivity contribution is 6.07. The number of hydrogen-bond acceptors (Lipinski definition) is 5. The van der Waals surface area contributed by atoms with Crippen molar-refractivity contribution in [3.63, 3.8) is 0 Å². The van der Waals surface area contributed by atoms with E-state index in [1.807, 2.05) is 92.7 Å². The summed E-state index contributed by atoms with van der Waals surface area (Å²) < 4.78 is 6.78. The molecule has 1 N–H and O–H groups in total. The second-order valence-corrected chi connectivity index (χ2v) is 12.5. The van der Waals surface area contributed by atoms with Crippen LogP contribution < -0.4 is 9.80 Å². The number of aliphatic hydroxyl groups is 1. The highest BCUT2D eigenvalue weighted by Crippen LogP contribution is 2.60. The van der Waals surface area contributed by atoms with Gasteiger partial charge in [0.15, 0.2) is 0 Å². The standard InChI is InChI=1S/C38H41N3O5/c1-5-22-39(28-18-11-8-12-19-28)35(43)31-30-20-21-38(46-30)32(31)36(44)41(29(24-42)27-16-9-7-10-17-27)34(38)37(45)40(23-6-2)33-25(3)14-13-15-26(33)4/h5-19,29-32,34,42H,1-2,20-24H2,3-4H3/t29-,30-,31+,32+,34?,38?/m1/s1. The van der Waals surface area contributed by atoms with Crippen molar-refractivity contribution in [2.45, 2.75) is 50.5 Å². The Morgan fingerprint density at radius 2 is 1.54 bits per heavy atom. The van der Waals surface area contributed by atoms with Crippen LogP contribution in [0.1, 0.15) is 35.6 Å². The van der Waals surface area contributed by atoms with Gasteiger partial charge in [-0.2, -0.15) is 0 Å². The number of rotatable bonds is 11. The second kappa shape index (κ2) is 12.7. The summed E-state index contributed by atoms with van der Waals surface area (Å²) in [6.45, 7) is 11.8. The van der Waals surface area contributed by atoms with E-state index in [0.717, 1.165) is 16.8 Å². The van der Waals surface area contributed by atoms with E-state index in [0.29, 0.717) is 24.1 Å². The number of para-hydroxylation sites is 2. The minimum Gasteiger partial charge on any atom is -0.394 e. The van der Waals surface area contributed by atoms with Crippen molar-refractivity contribution in [2.24, 2.45) is 11.8 Å². The van der Waals surface area contributed by atoms with Crippen molar-refractivity contribution in [2.75, 3.05) is 29.5 Å². The molecule has 8 nitrogen and oxygen atoms in total. The number of ether oxygens (including phenoxy) is 1. The third-order valence-electron chi connectivity index (χ3n) is 9.88. The first-order valence-electron chi connectivity index (χ1n) is 15.9. The van der Waals surface area contributed by atoms with Crippen LogP contribution in [-0.2, 0) is 19.1 Å². The molecule has 1 spiro atoms. The average Bonchev–Trinajstić information content (AvgIpc) is 3.71. The summed E-state index contributed by atoms with van der Waals surface area (Å²) in [5.74, 6) is -2.60. The summed E-state index contributed by atoms with van der Waals surface area (Å²) >= 11 is 0. The number of likely N-dealkylation sites (tertiary alicyclic amines) is 1. The summed E-state index contributed by atoms with van der Waals surface area (Å²) in [6.07, 6.45) is 3.80. The van der Waals surface area contributed by atoms with Crippen LogP contribution >= 0.6 is 0 Å². The van der Waals surface area contributed by atoms with Crippen LogP contribution in [0.5, 0.6) is 0 Å². The number of aliphatic hydroxyl groups excluding tert-OH is 1. The zero-order chi connectivity index (χ0) is 32.6. The van der Waals surface area contributed by atoms with Gasteiger partial charge in [-0.05, 0) is 55.5 Å². The van der Waals surface area contributed by atoms with E-state index in [-0.39, 0.29) is 30.8 Å². The summed E-state index contributed by atoms with van der Waals surface area (Å²) in [6, 6.07) is 22.5. The molecule has 3 amide bonds. The first-order valence-corrected chi connectivity index (χ1v) is 15.9. The van der Waals surface area contributed by atoms with Crippen molar-refractivity contribution in [1.82, 2.24) is 4.90 Å². The fraction of sp³-hybridized carbons (Fsp3) is 0.342. The van der Waals surface area contributed by atoms with Crippen LogP contribution in [0.25, 0.3) is 0 Å². The molecular weight excluding hydrogens is 578 g/mol. The van der Waals surface area contributed by atoms with E-state index in [2.05, 4.69) is 13.2 Å². The molecule has 3 aromatic rings. The first-order chi connectivity index (χ1) is 22.3. The fourth-order valence-corrected chi connectivity index (χ4v) is 8.06. The number of hydrogen-bond donors (Lipinski definition) is 1. The van der Waals surface area contributed by atoms with Crippen LogP contribution in [0, 0.1) is 25.7 Å². The molecule has 3 aromatic carbocycles. The maximum absolute atomic E-state index is 15.1. The van der Waals surface area contributed by atoms with Gasteiger partial charge < -0.3 is 24.5 Å². The minimum absolute atomic E-state index is 0.214. The van der Waals surface area contributed by atoms with E-state index in [9.17, 15) is 14.7 Å². The molecule has 0 radical (unpaired) electrons. The van der Waals surface area contributed by atoms with Crippen molar-refractivity contribution in [3.8, 4) is 0 Å². The van der Waals surface area contributed by atoms with Gasteiger partial charge in [0.25, 0.3) is 5.91 Å². The van der Waals surface area contributed by atoms with E-state index < -0.39 is 42.2 Å². The molecule has 6 rings (SSSR count). The lowest BCUT2D eigenvalue weighted by Crippen LogP contribution is -2.57. The number of carbonyl (C=O) groups excluding carboxylic acids is 3. The molecule has 2 bridgehead atoms. The Kier molecular flexibility index (Phi) is 8.68. The van der Waals surface area contributed by atoms with Crippen LogP contribution in [0.2, 0.25) is 0 Å². The molecule has 6 atom stereocenters. The van der Waals surface area contributed by atoms with Gasteiger partial charge in [-0.3, -0.25) is 14.4 Å². The number of amides is 3. The van der Waals surface area contributed by atoms with E-state index in [1.54, 1.807) is 22.0 Å². The highest BCUT2D eigenvalue weighted by Gasteiger charge is 2.75. The minimum atomic E-state index is -1.24. The van der Waals surface area contributed by atoms with Gasteiger partial charge in [-0.1, -0.05) is 78.9 Å². The Labute approximate surface area is 270 Å². The van der Waals surface area contributed by atoms with Crippen LogP contribution in [0.3, 0.4) is 0 Å². The quantitative estimate of drug-likeness (QED) is 0.300. The van der Waals surface area contributed by atoms with Gasteiger partial charge in [0.05, 0.1) is 30.6 Å². The largest absolute Gasteiger partial charge is 0.394 e. The van der Waals surface area contributed by atoms with E-state index >= 15 is 4.79 Å². The van der Waals surface area contributed by atoms with Gasteiger partial charge in [0.2, 0.25) is 11.8 Å². The smallest absolute Gasteiger partial charge is 0.253 e. The predicted molar refractivity (Wildman–Crippen MR) is 178 cm³/mol. The zero-order valence-corrected chi connectivity index (χ0v) is 26.4. The first kappa shape index (κ1) is 31.5. The predicted octanol–water partition coefficient (Wildman–Crippen LogP) is 5.15. The number of carbonyl (C=O) groups is 3. The number of nitrogens with zero attached hydrogens (tertiary/aromatic N) is 3. The molecule has 3 saturated heterocycles. The van der Waals surface area contributed by atoms with Gasteiger partial charge in [-0.25, -0.2) is 0 Å². The maximum Gasteiger partial charge on any atom is 0.253 e. The Morgan fingerprint density at radius 1 is 0.935 bits per heavy atom. The molecular formula is C38H41N3O5. The van der Waals surface area contributed by atoms with Crippen molar-refractivity contribution in [1.29, 1.82) is 0 Å². The molecule has 2 unspecified atom stereocenters. The Bertz CT molecular complexity index is 1620. The third kappa shape index (κ3) is 4.96. The average molecular weight is 620 g/mol. The SMILES string of the molecule is C=CCN(C(=O)[C@@H]1[C@H]2C(=O)N([C@H](CO)c3ccccc3)C(C(=O)N(CC=C)c3c(C)cccc3C)C23CC[C@H]1O3)c1ccccc1. The Balaban J connectivity index is 1.49. The highest BCUT2D eigenvalue weighted by atomic mass is 16.5. The van der Waals surface area contributed by atoms with Gasteiger partial charge in [0, 0.05) is 24.5 Å². The van der Waals surface area contributed by atoms with Gasteiger partial charge in [-0.15, -0.1) is 13.2 Å². The number of aryl methyl sites for hydroxylation is 2. The topological polar surface area (TPSA) is 90.4 Å². The summed E-state index contributed by atoms with van der Waals surface area (Å²) in [5, 5.41) is 10.9. The number of anilines is 2. The third-order valence-corrected chi connectivity index (χ3v) is 9.88. The molecule has 0 aromatic heterocycles. The normalized spacial score (nSPS) is 25.2. The Hall–Kier alpha value is -4.53. The molecule has 8 heteroatoms. The molecule has 3 fully saturated rings. The van der Waals surface area contributed by atoms with Crippen molar-refractivity contribution >= 4 is 29.1 Å². The van der Waals surface area contributed by atoms with Crippen molar-refractivity contribution < 1.29 is 24.2 Å². The number of benzene rings is 3. The second-order valence-electron chi connectivity index (χ2n) is 12.5. The molecule has 0 saturated carbocycles. The van der Waals surface area contributed by atoms with Crippen LogP contribution in [0.15, 0.2) is 104 Å². The van der Waals surface area contributed by atoms with Crippen LogP contribution in [0.4, 0.5) is 11.4 Å². The van der Waals surface area contributed by atoms with E-state index in [1.165, 1.54) is 4.90 Å². The molecule has 0 aliphatic carbocycles. The maximum atomic E-state index is 15.1. The summed E-state index contributed by atoms with van der Waals surface area (Å²) in [7, 11) is 0. The van der Waals surface area contributed by atoms with E-state index in [4.69, 9.17) is 4.74 Å². The van der Waals surface area contributed by atoms with Crippen molar-refractivity contribution in [3.05, 3.63) is 121 Å². The zero-order valence-electron chi connectivity index (χ0n) is 26.4. The summed E-state index contributed by atoms with van der Waals surface area (Å²) in [5.41, 5.74) is 2.73. The molecule has 238 valence electrons. The molecule has 3 aliphatic rings. The lowest BCUT2D eigenvalue weighted by Gasteiger charge is -2.40. The monoisotopic (exact) mass is 619 g/mol. The Morgan fingerprint density at radius 3 is 2.15 bits per heavy atom. The molecule has 3 aliphatic heterocycles. The molecule has 46 heavy (non-hydrogen) atoms. The molecule has 3 heterocycles.